The van der Waals surface area contributed by atoms with E-state index >= 15 is 0 Å². The lowest BCUT2D eigenvalue weighted by molar-refractivity contribution is 0.390. The second kappa shape index (κ2) is 6.19. The molecule has 0 aliphatic carbocycles. The third-order valence-electron chi connectivity index (χ3n) is 1.90. The number of nitrogens with one attached hydrogen (secondary N) is 2. The van der Waals surface area contributed by atoms with Gasteiger partial charge in [0.1, 0.15) is 10.6 Å². The molecule has 0 spiro atoms. The van der Waals surface area contributed by atoms with Gasteiger partial charge in [0.05, 0.1) is 0 Å². The van der Waals surface area contributed by atoms with Crippen LogP contribution in [0.3, 0.4) is 0 Å². The normalized spacial score (nSPS) is 11.2. The van der Waals surface area contributed by atoms with Gasteiger partial charge < -0.3 is 9.84 Å². The molecule has 8 heteroatoms. The Balaban J connectivity index is 0.00000225. The predicted octanol–water partition coefficient (Wildman–Crippen LogP) is 0.211. The van der Waals surface area contributed by atoms with Gasteiger partial charge in [0.25, 0.3) is 0 Å². The molecule has 0 unspecified atom stereocenters. The molecule has 1 aromatic heterocycles. The zero-order chi connectivity index (χ0) is 11.5. The fourth-order valence-electron chi connectivity index (χ4n) is 1.24. The van der Waals surface area contributed by atoms with Crippen molar-refractivity contribution in [3.8, 4) is 0 Å². The summed E-state index contributed by atoms with van der Waals surface area (Å²) in [6.07, 6.45) is 0. The summed E-state index contributed by atoms with van der Waals surface area (Å²) in [6.45, 7) is 4.08. The van der Waals surface area contributed by atoms with Crippen LogP contribution in [-0.4, -0.2) is 33.7 Å². The van der Waals surface area contributed by atoms with Gasteiger partial charge in [-0.1, -0.05) is 5.16 Å². The van der Waals surface area contributed by atoms with Gasteiger partial charge in [0, 0.05) is 13.1 Å². The molecule has 16 heavy (non-hydrogen) atoms. The number of nitrogens with zero attached hydrogens (tertiary/aromatic N) is 1. The van der Waals surface area contributed by atoms with E-state index in [1.165, 1.54) is 0 Å². The van der Waals surface area contributed by atoms with E-state index in [1.54, 1.807) is 20.9 Å². The summed E-state index contributed by atoms with van der Waals surface area (Å²) < 4.78 is 30.8. The van der Waals surface area contributed by atoms with Crippen molar-refractivity contribution in [2.45, 2.75) is 18.7 Å². The van der Waals surface area contributed by atoms with E-state index in [1.807, 2.05) is 0 Å². The van der Waals surface area contributed by atoms with Crippen LogP contribution in [0.2, 0.25) is 0 Å². The molecule has 2 N–H and O–H groups in total. The fraction of sp³-hybridized carbons (Fsp3) is 0.625. The van der Waals surface area contributed by atoms with Crippen molar-refractivity contribution in [1.82, 2.24) is 15.2 Å². The van der Waals surface area contributed by atoms with Gasteiger partial charge in [-0.05, 0) is 20.9 Å². The number of aryl methyl sites for hydroxylation is 2. The standard InChI is InChI=1S/C8H15N3O3S.ClH/c1-6-8(7(2)14-11-6)15(12,13)10-5-4-9-3;/h9-10H,4-5H2,1-3H3;1H. The van der Waals surface area contributed by atoms with E-state index in [0.717, 1.165) is 0 Å². The van der Waals surface area contributed by atoms with Crippen LogP contribution < -0.4 is 10.0 Å². The lowest BCUT2D eigenvalue weighted by Crippen LogP contribution is -2.31. The second-order valence-electron chi connectivity index (χ2n) is 3.15. The topological polar surface area (TPSA) is 84.2 Å². The molecule has 0 fully saturated rings. The smallest absolute Gasteiger partial charge is 0.246 e. The minimum atomic E-state index is -3.50. The molecule has 0 radical (unpaired) electrons. The molecule has 0 bridgehead atoms. The Morgan fingerprint density at radius 3 is 2.38 bits per heavy atom. The molecule has 1 aromatic rings. The van der Waals surface area contributed by atoms with E-state index in [-0.39, 0.29) is 17.3 Å². The van der Waals surface area contributed by atoms with E-state index in [0.29, 0.717) is 24.5 Å². The summed E-state index contributed by atoms with van der Waals surface area (Å²) in [4.78, 5) is 0.138. The first-order valence-corrected chi connectivity index (χ1v) is 6.04. The highest BCUT2D eigenvalue weighted by Gasteiger charge is 2.23. The molecule has 0 aliphatic rings. The fourth-order valence-corrected chi connectivity index (χ4v) is 2.60. The summed E-state index contributed by atoms with van der Waals surface area (Å²) >= 11 is 0. The number of aromatic nitrogens is 1. The summed E-state index contributed by atoms with van der Waals surface area (Å²) in [5, 5.41) is 6.45. The van der Waals surface area contributed by atoms with Crippen molar-refractivity contribution < 1.29 is 12.9 Å². The monoisotopic (exact) mass is 269 g/mol. The highest BCUT2D eigenvalue weighted by molar-refractivity contribution is 7.89. The van der Waals surface area contributed by atoms with Gasteiger partial charge in [-0.25, -0.2) is 13.1 Å². The molecule has 0 aromatic carbocycles. The first-order valence-electron chi connectivity index (χ1n) is 4.56. The van der Waals surface area contributed by atoms with E-state index < -0.39 is 10.0 Å². The van der Waals surface area contributed by atoms with Crippen molar-refractivity contribution in [2.24, 2.45) is 0 Å². The third kappa shape index (κ3) is 3.44. The Morgan fingerprint density at radius 2 is 1.94 bits per heavy atom. The minimum absolute atomic E-state index is 0. The van der Waals surface area contributed by atoms with E-state index in [4.69, 9.17) is 4.52 Å². The maximum atomic E-state index is 11.8. The van der Waals surface area contributed by atoms with Gasteiger partial charge in [-0.15, -0.1) is 12.4 Å². The number of sulfonamides is 1. The van der Waals surface area contributed by atoms with Gasteiger partial charge in [-0.3, -0.25) is 0 Å². The van der Waals surface area contributed by atoms with Crippen LogP contribution in [0, 0.1) is 13.8 Å². The quantitative estimate of drug-likeness (QED) is 0.747. The van der Waals surface area contributed by atoms with Crippen molar-refractivity contribution in [3.63, 3.8) is 0 Å². The maximum Gasteiger partial charge on any atom is 0.246 e. The van der Waals surface area contributed by atoms with Gasteiger partial charge in [0.15, 0.2) is 5.76 Å². The highest BCUT2D eigenvalue weighted by Crippen LogP contribution is 2.17. The van der Waals surface area contributed by atoms with Crippen LogP contribution in [0.5, 0.6) is 0 Å². The lowest BCUT2D eigenvalue weighted by Gasteiger charge is -2.05. The molecule has 6 nitrogen and oxygen atoms in total. The van der Waals surface area contributed by atoms with Crippen LogP contribution in [0.4, 0.5) is 0 Å². The van der Waals surface area contributed by atoms with E-state index in [9.17, 15) is 8.42 Å². The second-order valence-corrected chi connectivity index (χ2v) is 4.86. The average molecular weight is 270 g/mol. The predicted molar refractivity (Wildman–Crippen MR) is 62.3 cm³/mol. The van der Waals surface area contributed by atoms with Crippen LogP contribution in [0.25, 0.3) is 0 Å². The van der Waals surface area contributed by atoms with Crippen molar-refractivity contribution in [2.75, 3.05) is 20.1 Å². The molecular formula is C8H16ClN3O3S. The molecule has 1 heterocycles. The molecule has 0 amide bonds. The molecule has 0 atom stereocenters. The van der Waals surface area contributed by atoms with Crippen molar-refractivity contribution in [3.05, 3.63) is 11.5 Å². The first kappa shape index (κ1) is 15.4. The lowest BCUT2D eigenvalue weighted by atomic mass is 10.4. The zero-order valence-corrected chi connectivity index (χ0v) is 11.0. The molecule has 0 aliphatic heterocycles. The van der Waals surface area contributed by atoms with Crippen LogP contribution in [0.1, 0.15) is 11.5 Å². The maximum absolute atomic E-state index is 11.8. The number of hydrogen-bond donors (Lipinski definition) is 2. The third-order valence-corrected chi connectivity index (χ3v) is 3.61. The number of hydrogen-bond acceptors (Lipinski definition) is 5. The summed E-state index contributed by atoms with van der Waals surface area (Å²) in [7, 11) is -1.74. The van der Waals surface area contributed by atoms with Crippen LogP contribution in [0.15, 0.2) is 9.42 Å². The Labute approximate surface area is 101 Å². The van der Waals surface area contributed by atoms with E-state index in [2.05, 4.69) is 15.2 Å². The highest BCUT2D eigenvalue weighted by atomic mass is 35.5. The molecule has 0 saturated carbocycles. The van der Waals surface area contributed by atoms with Crippen molar-refractivity contribution >= 4 is 22.4 Å². The van der Waals surface area contributed by atoms with Crippen LogP contribution in [-0.2, 0) is 10.0 Å². The molecule has 1 rings (SSSR count). The Hall–Kier alpha value is -0.630. The van der Waals surface area contributed by atoms with Gasteiger partial charge in [-0.2, -0.15) is 0 Å². The Kier molecular flexibility index (Phi) is 5.95. The number of halogens is 1. The summed E-state index contributed by atoms with van der Waals surface area (Å²) in [5.41, 5.74) is 0.379. The number of rotatable bonds is 5. The largest absolute Gasteiger partial charge is 0.360 e. The molecule has 94 valence electrons. The van der Waals surface area contributed by atoms with Gasteiger partial charge in [0.2, 0.25) is 10.0 Å². The molecule has 0 saturated heterocycles. The SMILES string of the molecule is CNCCNS(=O)(=O)c1c(C)noc1C.Cl. The van der Waals surface area contributed by atoms with Crippen LogP contribution >= 0.6 is 12.4 Å². The summed E-state index contributed by atoms with van der Waals surface area (Å²) in [6, 6.07) is 0. The minimum Gasteiger partial charge on any atom is -0.360 e. The molecular weight excluding hydrogens is 254 g/mol. The zero-order valence-electron chi connectivity index (χ0n) is 9.40. The first-order chi connectivity index (χ1) is 6.99. The average Bonchev–Trinajstić information content (AvgIpc) is 2.46. The van der Waals surface area contributed by atoms with Gasteiger partial charge >= 0.3 is 0 Å². The Morgan fingerprint density at radius 1 is 1.31 bits per heavy atom. The number of likely N-dealkylation sites (N-methyl/N-ethyl adjacent to an activating group) is 1. The Bertz CT molecular complexity index is 410. The summed E-state index contributed by atoms with van der Waals surface area (Å²) in [5.74, 6) is 0.310. The van der Waals surface area contributed by atoms with Crippen molar-refractivity contribution in [1.29, 1.82) is 0 Å².